The number of nitrogens with zero attached hydrogens (tertiary/aromatic N) is 3. The van der Waals surface area contributed by atoms with Crippen LogP contribution in [-0.2, 0) is 13.1 Å². The maximum Gasteiger partial charge on any atom is 0.123 e. The van der Waals surface area contributed by atoms with E-state index in [1.165, 1.54) is 17.8 Å². The molecule has 0 radical (unpaired) electrons. The number of benzene rings is 1. The Hall–Kier alpha value is -1.92. The summed E-state index contributed by atoms with van der Waals surface area (Å²) in [5.41, 5.74) is 2.03. The predicted molar refractivity (Wildman–Crippen MR) is 96.3 cm³/mol. The first kappa shape index (κ1) is 17.5. The van der Waals surface area contributed by atoms with Crippen molar-refractivity contribution in [2.45, 2.75) is 44.9 Å². The summed E-state index contributed by atoms with van der Waals surface area (Å²) in [6.45, 7) is 4.39. The van der Waals surface area contributed by atoms with Crippen LogP contribution in [0.2, 0.25) is 0 Å². The molecular formula is C20H26FN3O2. The lowest BCUT2D eigenvalue weighted by molar-refractivity contribution is 0.148. The summed E-state index contributed by atoms with van der Waals surface area (Å²) in [5.74, 6) is 0.873. The monoisotopic (exact) mass is 359 g/mol. The van der Waals surface area contributed by atoms with Crippen LogP contribution >= 0.6 is 0 Å². The third kappa shape index (κ3) is 4.24. The van der Waals surface area contributed by atoms with Crippen LogP contribution in [0.3, 0.4) is 0 Å². The van der Waals surface area contributed by atoms with Crippen molar-refractivity contribution in [3.05, 3.63) is 47.5 Å². The molecule has 0 saturated heterocycles. The van der Waals surface area contributed by atoms with Crippen molar-refractivity contribution < 1.29 is 14.2 Å². The molecule has 5 nitrogen and oxygen atoms in total. The highest BCUT2D eigenvalue weighted by Crippen LogP contribution is 2.40. The molecule has 0 bridgehead atoms. The number of aromatic nitrogens is 2. The average Bonchev–Trinajstić information content (AvgIpc) is 3.44. The second kappa shape index (κ2) is 7.76. The smallest absolute Gasteiger partial charge is 0.123 e. The van der Waals surface area contributed by atoms with E-state index in [-0.39, 0.29) is 5.82 Å². The van der Waals surface area contributed by atoms with Gasteiger partial charge in [0.25, 0.3) is 0 Å². The minimum Gasteiger partial charge on any atom is -0.494 e. The molecule has 2 heterocycles. The summed E-state index contributed by atoms with van der Waals surface area (Å²) < 4.78 is 20.6. The van der Waals surface area contributed by atoms with E-state index in [1.54, 1.807) is 12.1 Å². The first-order valence-electron chi connectivity index (χ1n) is 9.54. The molecule has 1 aliphatic heterocycles. The Morgan fingerprint density at radius 1 is 1.23 bits per heavy atom. The van der Waals surface area contributed by atoms with E-state index in [4.69, 9.17) is 4.74 Å². The van der Waals surface area contributed by atoms with Gasteiger partial charge >= 0.3 is 0 Å². The lowest BCUT2D eigenvalue weighted by atomic mass is 10.1. The summed E-state index contributed by atoms with van der Waals surface area (Å²) in [6.07, 6.45) is 3.81. The van der Waals surface area contributed by atoms with E-state index < -0.39 is 6.10 Å². The van der Waals surface area contributed by atoms with Crippen LogP contribution in [0.25, 0.3) is 0 Å². The van der Waals surface area contributed by atoms with E-state index in [2.05, 4.69) is 20.7 Å². The third-order valence-electron chi connectivity index (χ3n) is 5.18. The standard InChI is InChI=1S/C20H26FN3O2/c21-16-5-7-18(8-6-16)26-12-2-10-23-9-1-11-24-17(14-23)13-19(22-24)20(25)15-3-4-15/h5-8,13,15,20,25H,1-4,9-12,14H2/t20-/m1/s1. The van der Waals surface area contributed by atoms with Crippen molar-refractivity contribution in [2.24, 2.45) is 5.92 Å². The van der Waals surface area contributed by atoms with Crippen LogP contribution in [0.1, 0.15) is 43.2 Å². The normalized spacial score (nSPS) is 19.0. The van der Waals surface area contributed by atoms with Gasteiger partial charge in [-0.2, -0.15) is 5.10 Å². The van der Waals surface area contributed by atoms with Gasteiger partial charge in [-0.3, -0.25) is 9.58 Å². The van der Waals surface area contributed by atoms with Gasteiger partial charge in [-0.15, -0.1) is 0 Å². The van der Waals surface area contributed by atoms with E-state index in [9.17, 15) is 9.50 Å². The van der Waals surface area contributed by atoms with Gasteiger partial charge in [-0.05, 0) is 61.9 Å². The Labute approximate surface area is 153 Å². The molecule has 1 saturated carbocycles. The largest absolute Gasteiger partial charge is 0.494 e. The SMILES string of the molecule is O[C@@H](c1cc2n(n1)CCCN(CCCOc1ccc(F)cc1)C2)C1CC1. The van der Waals surface area contributed by atoms with Gasteiger partial charge < -0.3 is 9.84 Å². The van der Waals surface area contributed by atoms with Gasteiger partial charge in [-0.25, -0.2) is 4.39 Å². The van der Waals surface area contributed by atoms with Gasteiger partial charge in [0, 0.05) is 26.2 Å². The molecule has 0 amide bonds. The maximum absolute atomic E-state index is 12.9. The molecule has 0 spiro atoms. The maximum atomic E-state index is 12.9. The fourth-order valence-electron chi connectivity index (χ4n) is 3.55. The minimum absolute atomic E-state index is 0.246. The molecule has 140 valence electrons. The highest BCUT2D eigenvalue weighted by Gasteiger charge is 2.33. The van der Waals surface area contributed by atoms with Crippen molar-refractivity contribution >= 4 is 0 Å². The molecule has 1 N–H and O–H groups in total. The van der Waals surface area contributed by atoms with Gasteiger partial charge in [-0.1, -0.05) is 0 Å². The van der Waals surface area contributed by atoms with Crippen LogP contribution < -0.4 is 4.74 Å². The summed E-state index contributed by atoms with van der Waals surface area (Å²) in [5, 5.41) is 14.9. The highest BCUT2D eigenvalue weighted by atomic mass is 19.1. The van der Waals surface area contributed by atoms with Crippen molar-refractivity contribution in [2.75, 3.05) is 19.7 Å². The van der Waals surface area contributed by atoms with Crippen LogP contribution in [0.4, 0.5) is 4.39 Å². The highest BCUT2D eigenvalue weighted by molar-refractivity contribution is 5.22. The van der Waals surface area contributed by atoms with Gasteiger partial charge in [0.15, 0.2) is 0 Å². The molecule has 6 heteroatoms. The van der Waals surface area contributed by atoms with Gasteiger partial charge in [0.05, 0.1) is 18.0 Å². The van der Waals surface area contributed by atoms with Crippen molar-refractivity contribution in [3.63, 3.8) is 0 Å². The number of aryl methyl sites for hydroxylation is 1. The van der Waals surface area contributed by atoms with Crippen LogP contribution in [-0.4, -0.2) is 39.5 Å². The molecule has 4 rings (SSSR count). The van der Waals surface area contributed by atoms with Crippen LogP contribution in [0.15, 0.2) is 30.3 Å². The molecule has 0 unspecified atom stereocenters. The first-order chi connectivity index (χ1) is 12.7. The Kier molecular flexibility index (Phi) is 5.22. The second-order valence-corrected chi connectivity index (χ2v) is 7.35. The summed E-state index contributed by atoms with van der Waals surface area (Å²) in [7, 11) is 0. The van der Waals surface area contributed by atoms with Crippen LogP contribution in [0, 0.1) is 11.7 Å². The zero-order valence-corrected chi connectivity index (χ0v) is 15.0. The number of aliphatic hydroxyl groups excluding tert-OH is 1. The molecule has 1 atom stereocenters. The molecule has 1 aliphatic carbocycles. The number of aliphatic hydroxyl groups is 1. The Balaban J connectivity index is 1.27. The van der Waals surface area contributed by atoms with Crippen LogP contribution in [0.5, 0.6) is 5.75 Å². The zero-order chi connectivity index (χ0) is 17.9. The fraction of sp³-hybridized carbons (Fsp3) is 0.550. The second-order valence-electron chi connectivity index (χ2n) is 7.35. The average molecular weight is 359 g/mol. The number of ether oxygens (including phenoxy) is 1. The lowest BCUT2D eigenvalue weighted by Crippen LogP contribution is -2.25. The van der Waals surface area contributed by atoms with Crippen molar-refractivity contribution in [1.82, 2.24) is 14.7 Å². The number of hydrogen-bond donors (Lipinski definition) is 1. The number of halogens is 1. The third-order valence-corrected chi connectivity index (χ3v) is 5.18. The predicted octanol–water partition coefficient (Wildman–Crippen LogP) is 3.14. The van der Waals surface area contributed by atoms with E-state index in [0.717, 1.165) is 57.6 Å². The number of rotatable bonds is 7. The molecule has 1 fully saturated rings. The summed E-state index contributed by atoms with van der Waals surface area (Å²) in [4.78, 5) is 2.42. The summed E-state index contributed by atoms with van der Waals surface area (Å²) >= 11 is 0. The quantitative estimate of drug-likeness (QED) is 0.772. The first-order valence-corrected chi connectivity index (χ1v) is 9.54. The number of hydrogen-bond acceptors (Lipinski definition) is 4. The minimum atomic E-state index is -0.396. The topological polar surface area (TPSA) is 50.5 Å². The Morgan fingerprint density at radius 2 is 2.04 bits per heavy atom. The molecule has 2 aliphatic rings. The summed E-state index contributed by atoms with van der Waals surface area (Å²) in [6, 6.07) is 8.23. The number of fused-ring (bicyclic) bond motifs is 1. The van der Waals surface area contributed by atoms with Crippen molar-refractivity contribution in [3.8, 4) is 5.75 Å². The Morgan fingerprint density at radius 3 is 2.81 bits per heavy atom. The molecule has 26 heavy (non-hydrogen) atoms. The molecule has 1 aromatic heterocycles. The van der Waals surface area contributed by atoms with E-state index in [0.29, 0.717) is 18.3 Å². The fourth-order valence-corrected chi connectivity index (χ4v) is 3.55. The molecule has 1 aromatic carbocycles. The lowest BCUT2D eigenvalue weighted by Gasteiger charge is -2.19. The van der Waals surface area contributed by atoms with E-state index >= 15 is 0 Å². The zero-order valence-electron chi connectivity index (χ0n) is 15.0. The van der Waals surface area contributed by atoms with Gasteiger partial charge in [0.2, 0.25) is 0 Å². The van der Waals surface area contributed by atoms with Crippen molar-refractivity contribution in [1.29, 1.82) is 0 Å². The molecule has 2 aromatic rings. The van der Waals surface area contributed by atoms with Gasteiger partial charge in [0.1, 0.15) is 17.7 Å². The molecular weight excluding hydrogens is 333 g/mol. The Bertz CT molecular complexity index is 727. The van der Waals surface area contributed by atoms with E-state index in [1.807, 2.05) is 0 Å².